The van der Waals surface area contributed by atoms with E-state index in [0.717, 1.165) is 29.2 Å². The van der Waals surface area contributed by atoms with Crippen molar-refractivity contribution in [3.63, 3.8) is 0 Å². The van der Waals surface area contributed by atoms with E-state index in [1.54, 1.807) is 7.11 Å². The van der Waals surface area contributed by atoms with Gasteiger partial charge in [0.2, 0.25) is 5.91 Å². The maximum Gasteiger partial charge on any atom is 0.239 e. The Morgan fingerprint density at radius 1 is 1.12 bits per heavy atom. The van der Waals surface area contributed by atoms with Gasteiger partial charge in [0.05, 0.1) is 25.4 Å². The lowest BCUT2D eigenvalue weighted by Crippen LogP contribution is -2.31. The predicted octanol–water partition coefficient (Wildman–Crippen LogP) is 3.25. The van der Waals surface area contributed by atoms with Crippen LogP contribution in [-0.4, -0.2) is 32.2 Å². The van der Waals surface area contributed by atoms with Crippen LogP contribution >= 0.6 is 0 Å². The molecule has 0 saturated carbocycles. The molecule has 2 aromatic rings. The van der Waals surface area contributed by atoms with Crippen LogP contribution in [0.4, 0.5) is 5.69 Å². The van der Waals surface area contributed by atoms with Gasteiger partial charge in [-0.05, 0) is 50.1 Å². The van der Waals surface area contributed by atoms with Crippen LogP contribution in [0.3, 0.4) is 0 Å². The number of ether oxygens (including phenoxy) is 2. The van der Waals surface area contributed by atoms with E-state index >= 15 is 0 Å². The van der Waals surface area contributed by atoms with Crippen LogP contribution in [-0.2, 0) is 11.2 Å². The number of anilines is 1. The van der Waals surface area contributed by atoms with E-state index < -0.39 is 0 Å². The highest BCUT2D eigenvalue weighted by atomic mass is 16.5. The number of hydrogen-bond donors (Lipinski definition) is 2. The number of nitrogens with one attached hydrogen (secondary N) is 2. The summed E-state index contributed by atoms with van der Waals surface area (Å²) in [6.07, 6.45) is 0.843. The van der Waals surface area contributed by atoms with Gasteiger partial charge in [-0.1, -0.05) is 24.3 Å². The molecule has 0 aliphatic rings. The van der Waals surface area contributed by atoms with Crippen LogP contribution in [0.15, 0.2) is 48.5 Å². The Morgan fingerprint density at radius 3 is 2.68 bits per heavy atom. The van der Waals surface area contributed by atoms with Crippen molar-refractivity contribution in [1.29, 1.82) is 0 Å². The lowest BCUT2D eigenvalue weighted by molar-refractivity contribution is -0.119. The minimum atomic E-state index is -0.0535. The second kappa shape index (κ2) is 9.57. The molecule has 0 bridgehead atoms. The Bertz CT molecular complexity index is 686. The summed E-state index contributed by atoms with van der Waals surface area (Å²) in [6, 6.07) is 15.5. The van der Waals surface area contributed by atoms with Gasteiger partial charge >= 0.3 is 0 Å². The zero-order valence-electron chi connectivity index (χ0n) is 15.0. The maximum atomic E-state index is 12.0. The summed E-state index contributed by atoms with van der Waals surface area (Å²) >= 11 is 0. The number of para-hydroxylation sites is 2. The highest BCUT2D eigenvalue weighted by Crippen LogP contribution is 2.24. The molecule has 2 rings (SSSR count). The first-order valence-electron chi connectivity index (χ1n) is 8.47. The molecule has 0 aromatic heterocycles. The van der Waals surface area contributed by atoms with Crippen molar-refractivity contribution >= 4 is 11.6 Å². The molecular weight excluding hydrogens is 316 g/mol. The molecule has 0 heterocycles. The molecule has 25 heavy (non-hydrogen) atoms. The second-order valence-corrected chi connectivity index (χ2v) is 5.97. The van der Waals surface area contributed by atoms with Crippen LogP contribution in [0, 0.1) is 0 Å². The smallest absolute Gasteiger partial charge is 0.239 e. The third-order valence-electron chi connectivity index (χ3n) is 3.56. The number of methoxy groups -OCH3 is 1. The van der Waals surface area contributed by atoms with Gasteiger partial charge in [0.25, 0.3) is 0 Å². The van der Waals surface area contributed by atoms with E-state index in [2.05, 4.69) is 10.6 Å². The number of amides is 1. The lowest BCUT2D eigenvalue weighted by atomic mass is 10.1. The molecule has 0 fully saturated rings. The zero-order valence-corrected chi connectivity index (χ0v) is 15.0. The van der Waals surface area contributed by atoms with Gasteiger partial charge in [0.1, 0.15) is 11.5 Å². The van der Waals surface area contributed by atoms with Gasteiger partial charge in [-0.3, -0.25) is 4.79 Å². The number of carbonyl (C=O) groups excluding carboxylic acids is 1. The lowest BCUT2D eigenvalue weighted by Gasteiger charge is -2.15. The van der Waals surface area contributed by atoms with E-state index in [-0.39, 0.29) is 18.6 Å². The first-order chi connectivity index (χ1) is 12.1. The average molecular weight is 342 g/mol. The quantitative estimate of drug-likeness (QED) is 0.734. The van der Waals surface area contributed by atoms with Crippen LogP contribution in [0.2, 0.25) is 0 Å². The van der Waals surface area contributed by atoms with Gasteiger partial charge < -0.3 is 20.1 Å². The van der Waals surface area contributed by atoms with E-state index in [9.17, 15) is 4.79 Å². The molecule has 5 nitrogen and oxygen atoms in total. The normalized spacial score (nSPS) is 10.4. The fourth-order valence-electron chi connectivity index (χ4n) is 2.38. The summed E-state index contributed by atoms with van der Waals surface area (Å²) in [5.41, 5.74) is 1.95. The monoisotopic (exact) mass is 342 g/mol. The molecule has 0 saturated heterocycles. The Balaban J connectivity index is 1.77. The number of benzene rings is 2. The number of carbonyl (C=O) groups is 1. The average Bonchev–Trinajstić information content (AvgIpc) is 2.61. The molecule has 0 spiro atoms. The zero-order chi connectivity index (χ0) is 18.1. The van der Waals surface area contributed by atoms with E-state index in [0.29, 0.717) is 6.54 Å². The first kappa shape index (κ1) is 18.6. The van der Waals surface area contributed by atoms with Crippen molar-refractivity contribution in [3.05, 3.63) is 54.1 Å². The second-order valence-electron chi connectivity index (χ2n) is 5.97. The Labute approximate surface area is 149 Å². The predicted molar refractivity (Wildman–Crippen MR) is 100 cm³/mol. The van der Waals surface area contributed by atoms with Gasteiger partial charge in [-0.25, -0.2) is 0 Å². The summed E-state index contributed by atoms with van der Waals surface area (Å²) in [4.78, 5) is 12.0. The molecule has 5 heteroatoms. The van der Waals surface area contributed by atoms with Crippen molar-refractivity contribution in [2.45, 2.75) is 26.4 Å². The SMILES string of the molecule is COc1cccc(CCNC(=O)CNc2ccccc2OC(C)C)c1. The van der Waals surface area contributed by atoms with Crippen molar-refractivity contribution in [2.75, 3.05) is 25.5 Å². The molecule has 0 aliphatic carbocycles. The van der Waals surface area contributed by atoms with E-state index in [1.807, 2.05) is 62.4 Å². The van der Waals surface area contributed by atoms with Crippen molar-refractivity contribution in [2.24, 2.45) is 0 Å². The molecule has 0 aliphatic heterocycles. The first-order valence-corrected chi connectivity index (χ1v) is 8.47. The molecule has 134 valence electrons. The third-order valence-corrected chi connectivity index (χ3v) is 3.56. The van der Waals surface area contributed by atoms with Gasteiger partial charge in [0, 0.05) is 6.54 Å². The topological polar surface area (TPSA) is 59.6 Å². The summed E-state index contributed by atoms with van der Waals surface area (Å²) in [5, 5.41) is 6.04. The third kappa shape index (κ3) is 6.37. The van der Waals surface area contributed by atoms with Crippen molar-refractivity contribution in [1.82, 2.24) is 5.32 Å². The Hall–Kier alpha value is -2.69. The molecular formula is C20H26N2O3. The van der Waals surface area contributed by atoms with Gasteiger partial charge in [-0.2, -0.15) is 0 Å². The fourth-order valence-corrected chi connectivity index (χ4v) is 2.38. The standard InChI is InChI=1S/C20H26N2O3/c1-15(2)25-19-10-5-4-9-18(19)22-14-20(23)21-12-11-16-7-6-8-17(13-16)24-3/h4-10,13,15,22H,11-12,14H2,1-3H3,(H,21,23). The number of hydrogen-bond acceptors (Lipinski definition) is 4. The Morgan fingerprint density at radius 2 is 1.92 bits per heavy atom. The minimum Gasteiger partial charge on any atom is -0.497 e. The van der Waals surface area contributed by atoms with Crippen molar-refractivity contribution < 1.29 is 14.3 Å². The van der Waals surface area contributed by atoms with Crippen molar-refractivity contribution in [3.8, 4) is 11.5 Å². The van der Waals surface area contributed by atoms with Gasteiger partial charge in [-0.15, -0.1) is 0 Å². The van der Waals surface area contributed by atoms with Crippen LogP contribution in [0.25, 0.3) is 0 Å². The number of rotatable bonds is 9. The highest BCUT2D eigenvalue weighted by Gasteiger charge is 2.07. The summed E-state index contributed by atoms with van der Waals surface area (Å²) in [5.74, 6) is 1.52. The maximum absolute atomic E-state index is 12.0. The molecule has 0 unspecified atom stereocenters. The Kier molecular flexibility index (Phi) is 7.14. The summed E-state index contributed by atoms with van der Waals surface area (Å²) in [7, 11) is 1.65. The molecule has 0 atom stereocenters. The van der Waals surface area contributed by atoms with Crippen LogP contribution in [0.5, 0.6) is 11.5 Å². The largest absolute Gasteiger partial charge is 0.497 e. The summed E-state index contributed by atoms with van der Waals surface area (Å²) < 4.78 is 10.9. The van der Waals surface area contributed by atoms with Gasteiger partial charge in [0.15, 0.2) is 0 Å². The molecule has 0 radical (unpaired) electrons. The molecule has 1 amide bonds. The fraction of sp³-hybridized carbons (Fsp3) is 0.350. The van der Waals surface area contributed by atoms with Crippen LogP contribution < -0.4 is 20.1 Å². The van der Waals surface area contributed by atoms with Crippen LogP contribution in [0.1, 0.15) is 19.4 Å². The summed E-state index contributed by atoms with van der Waals surface area (Å²) in [6.45, 7) is 4.73. The van der Waals surface area contributed by atoms with E-state index in [1.165, 1.54) is 0 Å². The van der Waals surface area contributed by atoms with E-state index in [4.69, 9.17) is 9.47 Å². The molecule has 2 N–H and O–H groups in total. The molecule has 2 aromatic carbocycles. The minimum absolute atomic E-state index is 0.0535. The highest BCUT2D eigenvalue weighted by molar-refractivity contribution is 5.81.